The van der Waals surface area contributed by atoms with Crippen LogP contribution in [0.2, 0.25) is 0 Å². The van der Waals surface area contributed by atoms with Crippen LogP contribution >= 0.6 is 0 Å². The number of rotatable bonds is 84. The van der Waals surface area contributed by atoms with Gasteiger partial charge in [-0.3, -0.25) is 0 Å². The molecule has 2 aromatic rings. The summed E-state index contributed by atoms with van der Waals surface area (Å²) in [5, 5.41) is 8.48. The summed E-state index contributed by atoms with van der Waals surface area (Å²) in [6.07, 6.45) is 28.6. The fraction of sp³-hybridized carbons (Fsp3) is 0.651. The van der Waals surface area contributed by atoms with Gasteiger partial charge in [0.05, 0.1) is 302 Å². The molecule has 122 heavy (non-hydrogen) atoms. The smallest absolute Gasteiger partial charge is 0.331 e. The van der Waals surface area contributed by atoms with Crippen molar-refractivity contribution in [3.05, 3.63) is 146 Å². The maximum absolute atomic E-state index is 10.8. The number of methoxy groups -OCH3 is 10. The van der Waals surface area contributed by atoms with E-state index in [0.29, 0.717) is 291 Å². The molecule has 0 aliphatic carbocycles. The molecule has 0 saturated carbocycles. The van der Waals surface area contributed by atoms with Gasteiger partial charge in [0.1, 0.15) is 64.4 Å². The van der Waals surface area contributed by atoms with Gasteiger partial charge in [0.2, 0.25) is 0 Å². The molecule has 0 fully saturated rings. The van der Waals surface area contributed by atoms with Crippen LogP contribution < -0.4 is 9.47 Å². The van der Waals surface area contributed by atoms with Crippen molar-refractivity contribution in [1.82, 2.24) is 0 Å². The molecular weight excluding hydrogens is 1600 g/mol. The molecule has 0 aromatic heterocycles. The minimum absolute atomic E-state index is 0.0531. The van der Waals surface area contributed by atoms with E-state index in [4.69, 9.17) is 142 Å². The first-order chi connectivity index (χ1) is 60.3. The lowest BCUT2D eigenvalue weighted by atomic mass is 10.3. The average Bonchev–Trinajstić information content (AvgIpc) is 0.886. The number of esters is 2. The second-order valence-electron chi connectivity index (χ2n) is 23.0. The number of benzene rings is 2. The Morgan fingerprint density at radius 3 is 0.672 bits per heavy atom. The minimum Gasteiger partial charge on any atom is -0.499 e. The first-order valence-electron chi connectivity index (χ1n) is 40.2. The van der Waals surface area contributed by atoms with Crippen molar-refractivity contribution >= 4 is 23.3 Å². The molecule has 704 valence electrons. The second kappa shape index (κ2) is 110. The largest absolute Gasteiger partial charge is 0.499 e. The first kappa shape index (κ1) is 119. The molecule has 36 heteroatoms. The number of nitrogens with zero attached hydrogens (tertiary/aromatic N) is 2. The van der Waals surface area contributed by atoms with Gasteiger partial charge < -0.3 is 152 Å². The number of hydrogen-bond donors (Lipinski definition) is 0. The molecule has 0 amide bonds. The number of azo groups is 1. The summed E-state index contributed by atoms with van der Waals surface area (Å²) in [6.45, 7) is 23.4. The molecular formula is C86H146N2O34. The number of ether oxygens (including phenoxy) is 32. The highest BCUT2D eigenvalue weighted by Gasteiger charge is 2.03. The van der Waals surface area contributed by atoms with E-state index >= 15 is 0 Å². The zero-order valence-electron chi connectivity index (χ0n) is 74.2. The minimum atomic E-state index is -0.396. The predicted molar refractivity (Wildman–Crippen MR) is 457 cm³/mol. The lowest BCUT2D eigenvalue weighted by Gasteiger charge is -2.07. The monoisotopic (exact) mass is 1750 g/mol. The third kappa shape index (κ3) is 105. The molecule has 0 bridgehead atoms. The Kier molecular flexibility index (Phi) is 107. The van der Waals surface area contributed by atoms with Crippen LogP contribution in [0.25, 0.3) is 0 Å². The topological polar surface area (TPSA) is 354 Å². The summed E-state index contributed by atoms with van der Waals surface area (Å²) >= 11 is 0. The van der Waals surface area contributed by atoms with E-state index < -0.39 is 11.9 Å². The lowest BCUT2D eigenvalue weighted by molar-refractivity contribution is -0.147. The molecule has 0 spiro atoms. The van der Waals surface area contributed by atoms with E-state index in [1.165, 1.54) is 14.2 Å². The summed E-state index contributed by atoms with van der Waals surface area (Å²) in [5.41, 5.74) is 1.49. The maximum atomic E-state index is 10.8. The van der Waals surface area contributed by atoms with Crippen molar-refractivity contribution in [2.45, 2.75) is 0 Å². The van der Waals surface area contributed by atoms with E-state index in [1.807, 2.05) is 97.1 Å². The quantitative estimate of drug-likeness (QED) is 0.0149. The van der Waals surface area contributed by atoms with Gasteiger partial charge in [0.15, 0.2) is 0 Å². The zero-order chi connectivity index (χ0) is 89.0. The molecule has 2 rings (SSSR count). The van der Waals surface area contributed by atoms with Gasteiger partial charge in [-0.1, -0.05) is 48.6 Å². The van der Waals surface area contributed by atoms with Crippen LogP contribution in [0, 0.1) is 0 Å². The fourth-order valence-corrected chi connectivity index (χ4v) is 7.31. The van der Waals surface area contributed by atoms with Gasteiger partial charge in [-0.15, -0.1) is 0 Å². The van der Waals surface area contributed by atoms with E-state index in [1.54, 1.807) is 106 Å². The number of carbonyl (C=O) groups excluding carboxylic acids is 2. The first-order valence-corrected chi connectivity index (χ1v) is 40.2. The molecule has 0 radical (unpaired) electrons. The molecule has 0 unspecified atom stereocenters. The zero-order valence-corrected chi connectivity index (χ0v) is 74.2. The molecule has 2 aromatic carbocycles. The fourth-order valence-electron chi connectivity index (χ4n) is 7.31. The van der Waals surface area contributed by atoms with Crippen molar-refractivity contribution in [2.24, 2.45) is 10.2 Å². The number of allylic oxidation sites excluding steroid dienone is 8. The highest BCUT2D eigenvalue weighted by molar-refractivity contribution is 5.70. The van der Waals surface area contributed by atoms with Gasteiger partial charge in [0, 0.05) is 56.9 Å². The van der Waals surface area contributed by atoms with Gasteiger partial charge >= 0.3 is 11.9 Å². The van der Waals surface area contributed by atoms with E-state index in [-0.39, 0.29) is 13.2 Å². The summed E-state index contributed by atoms with van der Waals surface area (Å²) in [4.78, 5) is 21.5. The van der Waals surface area contributed by atoms with Crippen LogP contribution in [-0.4, -0.2) is 387 Å². The SMILES string of the molecule is COCCOCCO/C=C\C=C\OCCOCCOC.COCCOCCOC/C=C/C=C/COCCOCCOCC(=O)OC.COCCOCCOC/C=C/COCCOCCOCC(=O)OC.COCCOCCO\C=C/C=C\C=C/OCCOCCOC.COCCOCCOc1ccc(N=Nc2ccc(OCCOCCOC)cc2)cc1. The van der Waals surface area contributed by atoms with E-state index in [0.717, 1.165) is 22.9 Å². The van der Waals surface area contributed by atoms with Gasteiger partial charge in [-0.2, -0.15) is 10.2 Å². The molecule has 0 N–H and O–H groups in total. The maximum Gasteiger partial charge on any atom is 0.331 e. The third-order valence-corrected chi connectivity index (χ3v) is 13.5. The Morgan fingerprint density at radius 1 is 0.221 bits per heavy atom. The van der Waals surface area contributed by atoms with Crippen molar-refractivity contribution in [3.8, 4) is 11.5 Å². The number of carbonyl (C=O) groups is 2. The summed E-state index contributed by atoms with van der Waals surface area (Å²) in [6, 6.07) is 14.8. The highest BCUT2D eigenvalue weighted by atomic mass is 16.6. The Hall–Kier alpha value is -7.26. The van der Waals surface area contributed by atoms with Gasteiger partial charge in [-0.05, 0) is 72.8 Å². The van der Waals surface area contributed by atoms with Gasteiger partial charge in [-0.25, -0.2) is 9.59 Å². The van der Waals surface area contributed by atoms with Crippen molar-refractivity contribution in [1.29, 1.82) is 0 Å². The molecule has 36 nitrogen and oxygen atoms in total. The van der Waals surface area contributed by atoms with Crippen LogP contribution in [0.3, 0.4) is 0 Å². The normalized spacial score (nSPS) is 11.5. The Morgan fingerprint density at radius 2 is 0.426 bits per heavy atom. The molecule has 0 aliphatic rings. The summed E-state index contributed by atoms with van der Waals surface area (Å²) in [7, 11) is 15.8. The molecule has 0 heterocycles. The van der Waals surface area contributed by atoms with Crippen molar-refractivity contribution < 1.29 is 161 Å². The Bertz CT molecular complexity index is 2560. The van der Waals surface area contributed by atoms with Crippen LogP contribution in [0.15, 0.2) is 157 Å². The van der Waals surface area contributed by atoms with Crippen LogP contribution in [0.5, 0.6) is 11.5 Å². The summed E-state index contributed by atoms with van der Waals surface area (Å²) < 4.78 is 164. The van der Waals surface area contributed by atoms with E-state index in [2.05, 4.69) is 19.7 Å². The Balaban J connectivity index is -0.00000146. The van der Waals surface area contributed by atoms with E-state index in [9.17, 15) is 9.59 Å². The van der Waals surface area contributed by atoms with Crippen LogP contribution in [0.4, 0.5) is 11.4 Å². The third-order valence-electron chi connectivity index (χ3n) is 13.5. The second-order valence-corrected chi connectivity index (χ2v) is 23.0. The highest BCUT2D eigenvalue weighted by Crippen LogP contribution is 2.23. The molecule has 0 atom stereocenters. The average molecular weight is 1750 g/mol. The van der Waals surface area contributed by atoms with Crippen molar-refractivity contribution in [3.63, 3.8) is 0 Å². The Labute approximate surface area is 724 Å². The van der Waals surface area contributed by atoms with Crippen molar-refractivity contribution in [2.75, 3.05) is 375 Å². The van der Waals surface area contributed by atoms with Crippen LogP contribution in [0.1, 0.15) is 0 Å². The number of hydrogen-bond acceptors (Lipinski definition) is 36. The summed E-state index contributed by atoms with van der Waals surface area (Å²) in [5.74, 6) is 0.731. The molecule has 0 aliphatic heterocycles. The standard InChI is InChI=1S/C22H30N2O6.C18H32O8.C16H30O8.C16H28O6.C14H26O6/c1-25-11-13-27-15-17-29-21-7-3-19(4-8-21)23-24-20-5-9-22(10-6-20)30-18-16-28-14-12-26-2;1-20-9-10-24-13-11-22-7-5-3-4-6-8-23-12-14-25-15-16-26-17-18(19)21-2;1-18-7-8-22-11-9-20-5-3-4-6-21-10-12-23-13-14-24-15-16(17)19-2;1-17-9-11-21-15-13-19-7-5-3-4-6-8-20-14-16-22-12-10-18-2;1-15-7-9-19-13-11-17-5-3-4-6-18-12-14-20-10-8-16-2/h3-10H,11-18H2,1-2H3;3-6H,7-17H2,1-2H3;3-4H,5-15H2,1-2H3;3-8H,9-16H2,1-2H3;3-6H,7-14H2,1-2H3/b;5-3+,6-4+;4-3+;4-3-,7-5-,8-6-;5-3-,6-4+. The lowest BCUT2D eigenvalue weighted by Crippen LogP contribution is -2.14. The van der Waals surface area contributed by atoms with Gasteiger partial charge in [0.25, 0.3) is 0 Å². The predicted octanol–water partition coefficient (Wildman–Crippen LogP) is 8.93. The molecule has 0 saturated heterocycles. The van der Waals surface area contributed by atoms with Crippen LogP contribution in [-0.2, 0) is 152 Å².